The highest BCUT2D eigenvalue weighted by Crippen LogP contribution is 2.24. The number of nitrogens with zero attached hydrogens (tertiary/aromatic N) is 1. The number of rotatable bonds is 7. The molecule has 2 atom stereocenters. The van der Waals surface area contributed by atoms with Crippen LogP contribution in [0.1, 0.15) is 39.2 Å². The van der Waals surface area contributed by atoms with Crippen LogP contribution in [0.4, 0.5) is 4.79 Å². The molecular formula is C24H31NO5. The lowest BCUT2D eigenvalue weighted by molar-refractivity contribution is -0.00354. The highest BCUT2D eigenvalue weighted by Gasteiger charge is 2.36. The Hall–Kier alpha value is -2.73. The quantitative estimate of drug-likeness (QED) is 0.728. The van der Waals surface area contributed by atoms with Gasteiger partial charge in [-0.1, -0.05) is 30.3 Å². The van der Waals surface area contributed by atoms with Gasteiger partial charge in [0.2, 0.25) is 0 Å². The van der Waals surface area contributed by atoms with Crippen molar-refractivity contribution in [2.24, 2.45) is 0 Å². The Morgan fingerprint density at radius 3 is 2.33 bits per heavy atom. The number of amides is 1. The van der Waals surface area contributed by atoms with Gasteiger partial charge in [-0.05, 0) is 63.4 Å². The van der Waals surface area contributed by atoms with Crippen LogP contribution in [0.5, 0.6) is 11.5 Å². The van der Waals surface area contributed by atoms with Gasteiger partial charge in [-0.25, -0.2) is 4.79 Å². The lowest BCUT2D eigenvalue weighted by Crippen LogP contribution is -2.46. The van der Waals surface area contributed by atoms with Crippen molar-refractivity contribution >= 4 is 6.09 Å². The molecule has 0 aromatic heterocycles. The number of carbonyl (C=O) groups excluding carboxylic acids is 1. The van der Waals surface area contributed by atoms with Crippen molar-refractivity contribution in [2.75, 3.05) is 13.2 Å². The van der Waals surface area contributed by atoms with Crippen molar-refractivity contribution < 1.29 is 24.1 Å². The number of hydrogen-bond acceptors (Lipinski definition) is 5. The number of carbonyl (C=O) groups is 1. The number of benzene rings is 2. The second-order valence-corrected chi connectivity index (χ2v) is 8.51. The molecule has 1 heterocycles. The summed E-state index contributed by atoms with van der Waals surface area (Å²) < 4.78 is 17.0. The van der Waals surface area contributed by atoms with Crippen molar-refractivity contribution in [3.63, 3.8) is 0 Å². The molecule has 6 heteroatoms. The summed E-state index contributed by atoms with van der Waals surface area (Å²) in [6.45, 7) is 6.70. The molecule has 1 aliphatic heterocycles. The van der Waals surface area contributed by atoms with E-state index in [9.17, 15) is 9.90 Å². The summed E-state index contributed by atoms with van der Waals surface area (Å²) in [5.41, 5.74) is 0.544. The number of aliphatic hydroxyl groups is 1. The van der Waals surface area contributed by atoms with Crippen molar-refractivity contribution in [2.45, 2.75) is 58.0 Å². The molecule has 3 rings (SSSR count). The highest BCUT2D eigenvalue weighted by atomic mass is 16.6. The van der Waals surface area contributed by atoms with E-state index in [1.54, 1.807) is 4.90 Å². The van der Waals surface area contributed by atoms with Gasteiger partial charge in [-0.2, -0.15) is 0 Å². The standard InChI is InChI=1S/C24H31NO5/c1-24(2,3)30-23(27)25-15-7-10-21(25)22(26)17-29-20-13-11-19(12-14-20)28-16-18-8-5-4-6-9-18/h4-6,8-9,11-14,21-22,26H,7,10,15-17H2,1-3H3/t21-,22?/m0/s1. The monoisotopic (exact) mass is 413 g/mol. The van der Waals surface area contributed by atoms with E-state index in [4.69, 9.17) is 14.2 Å². The van der Waals surface area contributed by atoms with Gasteiger partial charge in [-0.3, -0.25) is 0 Å². The minimum absolute atomic E-state index is 0.105. The van der Waals surface area contributed by atoms with Gasteiger partial charge in [0, 0.05) is 6.54 Å². The van der Waals surface area contributed by atoms with E-state index >= 15 is 0 Å². The van der Waals surface area contributed by atoms with E-state index in [1.165, 1.54) is 0 Å². The molecule has 0 saturated carbocycles. The van der Waals surface area contributed by atoms with Crippen LogP contribution in [0.25, 0.3) is 0 Å². The fourth-order valence-electron chi connectivity index (χ4n) is 3.41. The highest BCUT2D eigenvalue weighted by molar-refractivity contribution is 5.69. The smallest absolute Gasteiger partial charge is 0.410 e. The van der Waals surface area contributed by atoms with E-state index in [2.05, 4.69) is 0 Å². The predicted molar refractivity (Wildman–Crippen MR) is 115 cm³/mol. The largest absolute Gasteiger partial charge is 0.491 e. The zero-order valence-electron chi connectivity index (χ0n) is 17.9. The molecule has 0 aliphatic carbocycles. The molecule has 1 N–H and O–H groups in total. The number of hydrogen-bond donors (Lipinski definition) is 1. The van der Waals surface area contributed by atoms with Gasteiger partial charge in [0.05, 0.1) is 6.04 Å². The summed E-state index contributed by atoms with van der Waals surface area (Å²) in [5, 5.41) is 10.6. The number of ether oxygens (including phenoxy) is 3. The molecule has 6 nitrogen and oxygen atoms in total. The molecule has 162 valence electrons. The minimum Gasteiger partial charge on any atom is -0.491 e. The maximum atomic E-state index is 12.4. The first kappa shape index (κ1) is 22.0. The van der Waals surface area contributed by atoms with E-state index in [0.29, 0.717) is 18.9 Å². The van der Waals surface area contributed by atoms with Crippen LogP contribution >= 0.6 is 0 Å². The van der Waals surface area contributed by atoms with Crippen LogP contribution in [0.2, 0.25) is 0 Å². The molecule has 2 aromatic rings. The topological polar surface area (TPSA) is 68.2 Å². The van der Waals surface area contributed by atoms with Crippen molar-refractivity contribution in [1.82, 2.24) is 4.90 Å². The minimum atomic E-state index is -0.783. The lowest BCUT2D eigenvalue weighted by atomic mass is 10.1. The molecule has 0 radical (unpaired) electrons. The summed E-state index contributed by atoms with van der Waals surface area (Å²) in [7, 11) is 0. The zero-order chi connectivity index (χ0) is 21.6. The van der Waals surface area contributed by atoms with Crippen LogP contribution in [0, 0.1) is 0 Å². The third-order valence-electron chi connectivity index (χ3n) is 4.86. The van der Waals surface area contributed by atoms with Gasteiger partial charge >= 0.3 is 6.09 Å². The van der Waals surface area contributed by atoms with E-state index < -0.39 is 11.7 Å². The summed E-state index contributed by atoms with van der Waals surface area (Å²) in [4.78, 5) is 14.0. The Labute approximate surface area is 178 Å². The Morgan fingerprint density at radius 1 is 1.07 bits per heavy atom. The van der Waals surface area contributed by atoms with Crippen LogP contribution in [0.3, 0.4) is 0 Å². The van der Waals surface area contributed by atoms with Crippen molar-refractivity contribution in [1.29, 1.82) is 0 Å². The van der Waals surface area contributed by atoms with E-state index in [0.717, 1.165) is 24.2 Å². The molecule has 1 aliphatic rings. The van der Waals surface area contributed by atoms with Gasteiger partial charge in [0.15, 0.2) is 0 Å². The fourth-order valence-corrected chi connectivity index (χ4v) is 3.41. The first-order chi connectivity index (χ1) is 14.3. The molecular weight excluding hydrogens is 382 g/mol. The molecule has 1 amide bonds. The Bertz CT molecular complexity index is 801. The predicted octanol–water partition coefficient (Wildman–Crippen LogP) is 4.40. The molecule has 30 heavy (non-hydrogen) atoms. The second-order valence-electron chi connectivity index (χ2n) is 8.51. The number of aliphatic hydroxyl groups excluding tert-OH is 1. The Balaban J connectivity index is 1.48. The maximum absolute atomic E-state index is 12.4. The molecule has 0 bridgehead atoms. The van der Waals surface area contributed by atoms with Crippen LogP contribution in [-0.2, 0) is 11.3 Å². The first-order valence-corrected chi connectivity index (χ1v) is 10.4. The molecule has 0 spiro atoms. The number of likely N-dealkylation sites (tertiary alicyclic amines) is 1. The van der Waals surface area contributed by atoms with Gasteiger partial charge in [-0.15, -0.1) is 0 Å². The average Bonchev–Trinajstić information content (AvgIpc) is 3.21. The summed E-state index contributed by atoms with van der Waals surface area (Å²) in [6.07, 6.45) is 0.405. The fraction of sp³-hybridized carbons (Fsp3) is 0.458. The maximum Gasteiger partial charge on any atom is 0.410 e. The Morgan fingerprint density at radius 2 is 1.70 bits per heavy atom. The van der Waals surface area contributed by atoms with Gasteiger partial charge in [0.25, 0.3) is 0 Å². The van der Waals surface area contributed by atoms with E-state index in [1.807, 2.05) is 75.4 Å². The lowest BCUT2D eigenvalue weighted by Gasteiger charge is -2.31. The molecule has 1 unspecified atom stereocenters. The molecule has 1 saturated heterocycles. The third-order valence-corrected chi connectivity index (χ3v) is 4.86. The van der Waals surface area contributed by atoms with Crippen molar-refractivity contribution in [3.05, 3.63) is 60.2 Å². The normalized spacial score (nSPS) is 17.5. The Kier molecular flexibility index (Phi) is 7.21. The molecule has 1 fully saturated rings. The summed E-state index contributed by atoms with van der Waals surface area (Å²) >= 11 is 0. The van der Waals surface area contributed by atoms with Gasteiger partial charge in [0.1, 0.15) is 36.4 Å². The van der Waals surface area contributed by atoms with E-state index in [-0.39, 0.29) is 18.7 Å². The third kappa shape index (κ3) is 6.39. The average molecular weight is 414 g/mol. The second kappa shape index (κ2) is 9.85. The molecule has 2 aromatic carbocycles. The summed E-state index contributed by atoms with van der Waals surface area (Å²) in [5.74, 6) is 1.39. The van der Waals surface area contributed by atoms with Gasteiger partial charge < -0.3 is 24.2 Å². The zero-order valence-corrected chi connectivity index (χ0v) is 17.9. The van der Waals surface area contributed by atoms with Crippen molar-refractivity contribution in [3.8, 4) is 11.5 Å². The first-order valence-electron chi connectivity index (χ1n) is 10.4. The van der Waals surface area contributed by atoms with Crippen LogP contribution in [0.15, 0.2) is 54.6 Å². The summed E-state index contributed by atoms with van der Waals surface area (Å²) in [6, 6.07) is 17.0. The van der Waals surface area contributed by atoms with Crippen LogP contribution in [-0.4, -0.2) is 47.0 Å². The van der Waals surface area contributed by atoms with Crippen LogP contribution < -0.4 is 9.47 Å². The SMILES string of the molecule is CC(C)(C)OC(=O)N1CCC[C@H]1C(O)COc1ccc(OCc2ccccc2)cc1.